The Balaban J connectivity index is 1.55. The quantitative estimate of drug-likeness (QED) is 0.398. The molecule has 3 aromatic heterocycles. The number of nitrogens with zero attached hydrogens (tertiary/aromatic N) is 3. The SMILES string of the molecule is O=c1c2cc3c(=O)n(Cc4ccccc4F)ccc3nc2ccn1CCc1ccccc1. The third kappa shape index (κ3) is 3.71. The lowest BCUT2D eigenvalue weighted by Crippen LogP contribution is -2.23. The van der Waals surface area contributed by atoms with Crippen LogP contribution in [0.2, 0.25) is 0 Å². The van der Waals surface area contributed by atoms with Crippen LogP contribution in [0.15, 0.2) is 94.8 Å². The molecule has 0 N–H and O–H groups in total. The number of rotatable bonds is 5. The lowest BCUT2D eigenvalue weighted by Gasteiger charge is -2.10. The molecule has 3 heterocycles. The Bertz CT molecular complexity index is 1560. The van der Waals surface area contributed by atoms with Crippen molar-refractivity contribution in [3.8, 4) is 0 Å². The molecule has 0 bridgehead atoms. The van der Waals surface area contributed by atoms with Crippen LogP contribution in [0.25, 0.3) is 21.8 Å². The van der Waals surface area contributed by atoms with Crippen molar-refractivity contribution in [3.05, 3.63) is 123 Å². The van der Waals surface area contributed by atoms with Crippen LogP contribution in [0.1, 0.15) is 11.1 Å². The van der Waals surface area contributed by atoms with Crippen LogP contribution in [0.3, 0.4) is 0 Å². The number of aryl methyl sites for hydroxylation is 2. The first kappa shape index (κ1) is 19.9. The first-order chi connectivity index (χ1) is 15.6. The van der Waals surface area contributed by atoms with Crippen molar-refractivity contribution in [3.63, 3.8) is 0 Å². The van der Waals surface area contributed by atoms with Crippen LogP contribution in [0.4, 0.5) is 4.39 Å². The summed E-state index contributed by atoms with van der Waals surface area (Å²) >= 11 is 0. The Morgan fingerprint density at radius 3 is 2.09 bits per heavy atom. The Morgan fingerprint density at radius 2 is 1.38 bits per heavy atom. The fourth-order valence-electron chi connectivity index (χ4n) is 3.91. The lowest BCUT2D eigenvalue weighted by molar-refractivity contribution is 0.597. The third-order valence-electron chi connectivity index (χ3n) is 5.67. The van der Waals surface area contributed by atoms with Gasteiger partial charge < -0.3 is 9.13 Å². The predicted molar refractivity (Wildman–Crippen MR) is 123 cm³/mol. The average molecular weight is 425 g/mol. The van der Waals surface area contributed by atoms with Crippen LogP contribution in [0.5, 0.6) is 0 Å². The number of halogens is 1. The molecule has 0 unspecified atom stereocenters. The van der Waals surface area contributed by atoms with Crippen LogP contribution in [-0.2, 0) is 19.5 Å². The maximum Gasteiger partial charge on any atom is 0.260 e. The first-order valence-electron chi connectivity index (χ1n) is 10.4. The highest BCUT2D eigenvalue weighted by Crippen LogP contribution is 2.15. The molecule has 32 heavy (non-hydrogen) atoms. The molecule has 5 nitrogen and oxygen atoms in total. The summed E-state index contributed by atoms with van der Waals surface area (Å²) in [7, 11) is 0. The molecular formula is C26H20FN3O2. The summed E-state index contributed by atoms with van der Waals surface area (Å²) in [4.78, 5) is 30.7. The summed E-state index contributed by atoms with van der Waals surface area (Å²) in [6.45, 7) is 0.638. The van der Waals surface area contributed by atoms with Crippen LogP contribution in [-0.4, -0.2) is 14.1 Å². The molecule has 0 amide bonds. The maximum atomic E-state index is 14.0. The zero-order valence-corrected chi connectivity index (χ0v) is 17.2. The van der Waals surface area contributed by atoms with Gasteiger partial charge in [-0.25, -0.2) is 9.37 Å². The van der Waals surface area contributed by atoms with E-state index >= 15 is 0 Å². The second-order valence-corrected chi connectivity index (χ2v) is 7.74. The number of hydrogen-bond donors (Lipinski definition) is 0. The fraction of sp³-hybridized carbons (Fsp3) is 0.115. The van der Waals surface area contributed by atoms with Crippen molar-refractivity contribution in [2.75, 3.05) is 0 Å². The molecule has 0 saturated heterocycles. The van der Waals surface area contributed by atoms with Crippen LogP contribution >= 0.6 is 0 Å². The number of aromatic nitrogens is 3. The van der Waals surface area contributed by atoms with E-state index in [-0.39, 0.29) is 23.5 Å². The van der Waals surface area contributed by atoms with E-state index in [9.17, 15) is 14.0 Å². The highest BCUT2D eigenvalue weighted by Gasteiger charge is 2.11. The van der Waals surface area contributed by atoms with Crippen molar-refractivity contribution in [2.45, 2.75) is 19.5 Å². The van der Waals surface area contributed by atoms with Crippen molar-refractivity contribution >= 4 is 21.8 Å². The predicted octanol–water partition coefficient (Wildman–Crippen LogP) is 4.14. The van der Waals surface area contributed by atoms with Gasteiger partial charge in [0.25, 0.3) is 11.1 Å². The van der Waals surface area contributed by atoms with Gasteiger partial charge in [-0.15, -0.1) is 0 Å². The molecule has 0 fully saturated rings. The van der Waals surface area contributed by atoms with Crippen molar-refractivity contribution in [1.82, 2.24) is 14.1 Å². The van der Waals surface area contributed by atoms with E-state index in [1.807, 2.05) is 30.3 Å². The van der Waals surface area contributed by atoms with E-state index in [0.717, 1.165) is 12.0 Å². The molecule has 0 radical (unpaired) electrons. The van der Waals surface area contributed by atoms with Gasteiger partial charge in [-0.1, -0.05) is 48.5 Å². The normalized spacial score (nSPS) is 11.3. The topological polar surface area (TPSA) is 56.9 Å². The van der Waals surface area contributed by atoms with Crippen molar-refractivity contribution < 1.29 is 4.39 Å². The van der Waals surface area contributed by atoms with Gasteiger partial charge in [-0.05, 0) is 36.2 Å². The standard InChI is InChI=1S/C26H20FN3O2/c27-22-9-5-4-8-19(22)17-30-15-12-24-21(26(30)32)16-20-23(28-24)11-14-29(25(20)31)13-10-18-6-2-1-3-7-18/h1-9,11-12,14-16H,10,13,17H2. The monoisotopic (exact) mass is 425 g/mol. The van der Waals surface area contributed by atoms with Crippen LogP contribution < -0.4 is 11.1 Å². The molecule has 5 rings (SSSR count). The van der Waals surface area contributed by atoms with Gasteiger partial charge >= 0.3 is 0 Å². The van der Waals surface area contributed by atoms with E-state index in [1.54, 1.807) is 53.4 Å². The fourth-order valence-corrected chi connectivity index (χ4v) is 3.91. The lowest BCUT2D eigenvalue weighted by atomic mass is 10.1. The Morgan fingerprint density at radius 1 is 0.750 bits per heavy atom. The molecule has 6 heteroatoms. The van der Waals surface area contributed by atoms with Gasteiger partial charge in [0.1, 0.15) is 5.82 Å². The molecule has 0 aliphatic carbocycles. The zero-order chi connectivity index (χ0) is 22.1. The molecule has 0 saturated carbocycles. The molecule has 0 spiro atoms. The van der Waals surface area contributed by atoms with Crippen molar-refractivity contribution in [1.29, 1.82) is 0 Å². The number of benzene rings is 2. The highest BCUT2D eigenvalue weighted by atomic mass is 19.1. The van der Waals surface area contributed by atoms with Gasteiger partial charge in [0.2, 0.25) is 0 Å². The van der Waals surface area contributed by atoms with E-state index in [0.29, 0.717) is 33.9 Å². The summed E-state index contributed by atoms with van der Waals surface area (Å²) in [6.07, 6.45) is 4.07. The zero-order valence-electron chi connectivity index (χ0n) is 17.2. The molecule has 0 aliphatic rings. The Labute approximate surface area is 183 Å². The maximum absolute atomic E-state index is 14.0. The minimum Gasteiger partial charge on any atom is -0.315 e. The number of fused-ring (bicyclic) bond motifs is 2. The van der Waals surface area contributed by atoms with Crippen LogP contribution in [0, 0.1) is 5.82 Å². The van der Waals surface area contributed by atoms with Gasteiger partial charge in [0.15, 0.2) is 0 Å². The van der Waals surface area contributed by atoms with E-state index in [4.69, 9.17) is 0 Å². The summed E-state index contributed by atoms with van der Waals surface area (Å²) in [5.74, 6) is -0.363. The number of hydrogen-bond acceptors (Lipinski definition) is 3. The van der Waals surface area contributed by atoms with E-state index in [1.165, 1.54) is 10.6 Å². The molecule has 2 aromatic carbocycles. The largest absolute Gasteiger partial charge is 0.315 e. The summed E-state index contributed by atoms with van der Waals surface area (Å²) < 4.78 is 17.1. The summed E-state index contributed by atoms with van der Waals surface area (Å²) in [5.41, 5.74) is 2.13. The van der Waals surface area contributed by atoms with Gasteiger partial charge in [-0.3, -0.25) is 9.59 Å². The summed E-state index contributed by atoms with van der Waals surface area (Å²) in [6, 6.07) is 21.5. The van der Waals surface area contributed by atoms with E-state index < -0.39 is 0 Å². The third-order valence-corrected chi connectivity index (χ3v) is 5.67. The second-order valence-electron chi connectivity index (χ2n) is 7.74. The highest BCUT2D eigenvalue weighted by molar-refractivity contribution is 5.91. The van der Waals surface area contributed by atoms with Gasteiger partial charge in [0, 0.05) is 24.5 Å². The van der Waals surface area contributed by atoms with Gasteiger partial charge in [0.05, 0.1) is 28.4 Å². The first-order valence-corrected chi connectivity index (χ1v) is 10.4. The average Bonchev–Trinajstić information content (AvgIpc) is 2.82. The number of pyridine rings is 3. The van der Waals surface area contributed by atoms with Gasteiger partial charge in [-0.2, -0.15) is 0 Å². The molecule has 0 aliphatic heterocycles. The second kappa shape index (κ2) is 8.23. The Kier molecular flexibility index (Phi) is 5.11. The summed E-state index contributed by atoms with van der Waals surface area (Å²) in [5, 5.41) is 0.739. The van der Waals surface area contributed by atoms with Crippen molar-refractivity contribution in [2.24, 2.45) is 0 Å². The Hall–Kier alpha value is -4.06. The molecule has 158 valence electrons. The molecule has 0 atom stereocenters. The van der Waals surface area contributed by atoms with E-state index in [2.05, 4.69) is 4.98 Å². The minimum absolute atomic E-state index is 0.107. The molecular weight excluding hydrogens is 405 g/mol. The molecule has 5 aromatic rings. The minimum atomic E-state index is -0.363. The smallest absolute Gasteiger partial charge is 0.260 e.